The fourth-order valence-corrected chi connectivity index (χ4v) is 8.91. The van der Waals surface area contributed by atoms with E-state index in [9.17, 15) is 14.7 Å². The molecule has 4 aromatic rings. The first-order valence-corrected chi connectivity index (χ1v) is 17.0. The summed E-state index contributed by atoms with van der Waals surface area (Å²) in [6.45, 7) is 6.28. The van der Waals surface area contributed by atoms with Crippen LogP contribution in [0.15, 0.2) is 66.7 Å². The molecule has 7 nitrogen and oxygen atoms in total. The Hall–Kier alpha value is -3.33. The number of nitrogens with one attached hydrogen (secondary N) is 1. The number of rotatable bonds is 8. The van der Waals surface area contributed by atoms with Crippen LogP contribution < -0.4 is 12.0 Å². The quantitative estimate of drug-likeness (QED) is 0.241. The van der Waals surface area contributed by atoms with Gasteiger partial charge in [0.05, 0.1) is 0 Å². The molecule has 0 saturated heterocycles. The molecule has 0 spiro atoms. The summed E-state index contributed by atoms with van der Waals surface area (Å²) < 4.78 is 5.80. The number of carboxylic acid groups (broad SMARTS) is 1. The first kappa shape index (κ1) is 29.2. The van der Waals surface area contributed by atoms with Gasteiger partial charge < -0.3 is 0 Å². The number of anilines is 2. The van der Waals surface area contributed by atoms with Crippen LogP contribution in [-0.2, 0) is 16.6 Å². The van der Waals surface area contributed by atoms with E-state index in [-0.39, 0.29) is 11.8 Å². The topological polar surface area (TPSA) is 87.5 Å². The first-order valence-electron chi connectivity index (χ1n) is 14.3. The number of carboxylic acids is 1. The summed E-state index contributed by atoms with van der Waals surface area (Å²) in [5, 5.41) is 13.3. The molecule has 0 aliphatic heterocycles. The summed E-state index contributed by atoms with van der Waals surface area (Å²) in [4.78, 5) is 30.5. The molecule has 1 aliphatic rings. The van der Waals surface area contributed by atoms with Crippen molar-refractivity contribution in [3.8, 4) is 0 Å². The Labute approximate surface area is 252 Å². The van der Waals surface area contributed by atoms with Gasteiger partial charge in [-0.15, -0.1) is 0 Å². The van der Waals surface area contributed by atoms with E-state index < -0.39 is 39.2 Å². The van der Waals surface area contributed by atoms with Crippen molar-refractivity contribution in [2.45, 2.75) is 51.9 Å². The third-order valence-electron chi connectivity index (χ3n) is 8.47. The van der Waals surface area contributed by atoms with Crippen LogP contribution >= 0.6 is 0 Å². The van der Waals surface area contributed by atoms with Gasteiger partial charge >= 0.3 is 216 Å². The van der Waals surface area contributed by atoms with Crippen LogP contribution in [0.3, 0.4) is 0 Å². The summed E-state index contributed by atoms with van der Waals surface area (Å²) in [5.74, 6) is -1.22. The van der Waals surface area contributed by atoms with E-state index in [2.05, 4.69) is 81.3 Å². The SMILES string of the molecule is Cc1nc2c[c]([Sn][N](C)c3ccc([C@H]4CCC[C@@H](C(=O)Nc5ccc(C(C)C)cc5)[C@@H]4C(=O)O)cc3)ccc2n1C. The number of imidazole rings is 1. The molecule has 41 heavy (non-hydrogen) atoms. The van der Waals surface area contributed by atoms with Gasteiger partial charge in [0.15, 0.2) is 0 Å². The van der Waals surface area contributed by atoms with E-state index in [4.69, 9.17) is 0 Å². The summed E-state index contributed by atoms with van der Waals surface area (Å²) in [6, 6.07) is 22.7. The van der Waals surface area contributed by atoms with Crippen molar-refractivity contribution in [1.82, 2.24) is 9.55 Å². The molecule has 8 heteroatoms. The number of carbonyl (C=O) groups excluding carboxylic acids is 1. The zero-order chi connectivity index (χ0) is 29.3. The van der Waals surface area contributed by atoms with Crippen molar-refractivity contribution < 1.29 is 14.7 Å². The second-order valence-corrected chi connectivity index (χ2v) is 15.7. The molecule has 1 heterocycles. The van der Waals surface area contributed by atoms with Gasteiger partial charge in [0.1, 0.15) is 0 Å². The van der Waals surface area contributed by atoms with E-state index in [1.165, 1.54) is 9.14 Å². The second kappa shape index (κ2) is 12.3. The molecule has 2 radical (unpaired) electrons. The fourth-order valence-electron chi connectivity index (χ4n) is 5.99. The maximum absolute atomic E-state index is 13.3. The molecule has 0 unspecified atom stereocenters. The summed E-state index contributed by atoms with van der Waals surface area (Å²) >= 11 is -1.09. The number of hydrogen-bond acceptors (Lipinski definition) is 4. The fraction of sp³-hybridized carbons (Fsp3) is 0.364. The van der Waals surface area contributed by atoms with Gasteiger partial charge in [0.2, 0.25) is 0 Å². The van der Waals surface area contributed by atoms with Gasteiger partial charge in [-0.25, -0.2) is 0 Å². The molecular weight excluding hydrogens is 619 g/mol. The van der Waals surface area contributed by atoms with Crippen LogP contribution in [0.4, 0.5) is 11.4 Å². The maximum atomic E-state index is 13.3. The average molecular weight is 657 g/mol. The van der Waals surface area contributed by atoms with Crippen molar-refractivity contribution in [3.63, 3.8) is 0 Å². The van der Waals surface area contributed by atoms with Crippen molar-refractivity contribution >= 4 is 59.3 Å². The van der Waals surface area contributed by atoms with E-state index in [1.54, 1.807) is 0 Å². The van der Waals surface area contributed by atoms with Crippen molar-refractivity contribution in [3.05, 3.63) is 83.7 Å². The van der Waals surface area contributed by atoms with Crippen LogP contribution in [0, 0.1) is 18.8 Å². The van der Waals surface area contributed by atoms with Crippen LogP contribution in [0.1, 0.15) is 61.9 Å². The first-order chi connectivity index (χ1) is 19.6. The number of hydrogen-bond donors (Lipinski definition) is 2. The number of aromatic nitrogens is 2. The summed E-state index contributed by atoms with van der Waals surface area (Å²) in [5.41, 5.74) is 6.21. The van der Waals surface area contributed by atoms with Crippen LogP contribution in [0.5, 0.6) is 0 Å². The number of fused-ring (bicyclic) bond motifs is 1. The van der Waals surface area contributed by atoms with Crippen molar-refractivity contribution in [2.24, 2.45) is 18.9 Å². The second-order valence-electron chi connectivity index (χ2n) is 11.5. The predicted molar refractivity (Wildman–Crippen MR) is 166 cm³/mol. The number of benzene rings is 3. The molecule has 1 fully saturated rings. The normalized spacial score (nSPS) is 18.9. The van der Waals surface area contributed by atoms with Gasteiger partial charge in [0, 0.05) is 0 Å². The van der Waals surface area contributed by atoms with Crippen LogP contribution in [-0.4, -0.2) is 55.0 Å². The van der Waals surface area contributed by atoms with E-state index in [0.717, 1.165) is 41.0 Å². The third-order valence-corrected chi connectivity index (χ3v) is 11.8. The number of aryl methyl sites for hydroxylation is 2. The molecular formula is C33H38N4O3Sn. The minimum absolute atomic E-state index is 0.200. The standard InChI is InChI=1S/C24H29N2O3.C9H9N2.Sn/c1-15(2)16-7-13-19(14-8-16)26-23(27)21-6-4-5-20(22(21)24(28)29)17-9-11-18(25-3)12-10-17;1-7-10-8-5-3-4-6-9(8)11(7)2;/h7-15,20-22H,4-6H2,1-3H3,(H,26,27)(H,28,29);4-6H,1-2H3;/q-1;;+1/t20-,21-,22-;;/m1../s1. The Kier molecular flexibility index (Phi) is 8.73. The Morgan fingerprint density at radius 1 is 1.05 bits per heavy atom. The molecule has 2 N–H and O–H groups in total. The predicted octanol–water partition coefficient (Wildman–Crippen LogP) is 5.61. The van der Waals surface area contributed by atoms with Gasteiger partial charge in [-0.3, -0.25) is 0 Å². The minimum atomic E-state index is -1.09. The Morgan fingerprint density at radius 2 is 1.76 bits per heavy atom. The summed E-state index contributed by atoms with van der Waals surface area (Å²) in [7, 11) is 4.17. The molecule has 1 saturated carbocycles. The molecule has 1 aromatic heterocycles. The van der Waals surface area contributed by atoms with E-state index in [1.807, 2.05) is 38.2 Å². The van der Waals surface area contributed by atoms with Crippen molar-refractivity contribution in [2.75, 3.05) is 15.5 Å². The molecule has 1 amide bonds. The van der Waals surface area contributed by atoms with E-state index in [0.29, 0.717) is 18.0 Å². The van der Waals surface area contributed by atoms with Gasteiger partial charge in [-0.2, -0.15) is 0 Å². The van der Waals surface area contributed by atoms with Gasteiger partial charge in [-0.05, 0) is 11.5 Å². The van der Waals surface area contributed by atoms with Gasteiger partial charge in [-0.1, -0.05) is 26.0 Å². The molecule has 1 aliphatic carbocycles. The zero-order valence-electron chi connectivity index (χ0n) is 24.4. The number of nitrogens with zero attached hydrogens (tertiary/aromatic N) is 3. The number of carbonyl (C=O) groups is 2. The van der Waals surface area contributed by atoms with Crippen molar-refractivity contribution in [1.29, 1.82) is 0 Å². The Balaban J connectivity index is 1.28. The number of amides is 1. The van der Waals surface area contributed by atoms with Crippen LogP contribution in [0.25, 0.3) is 11.0 Å². The molecule has 3 aromatic carbocycles. The number of aliphatic carboxylic acids is 1. The monoisotopic (exact) mass is 658 g/mol. The summed E-state index contributed by atoms with van der Waals surface area (Å²) in [6.07, 6.45) is 2.17. The average Bonchev–Trinajstić information content (AvgIpc) is 3.25. The molecule has 3 atom stereocenters. The molecule has 5 rings (SSSR count). The van der Waals surface area contributed by atoms with E-state index >= 15 is 0 Å². The van der Waals surface area contributed by atoms with Crippen LogP contribution in [0.2, 0.25) is 0 Å². The third kappa shape index (κ3) is 6.30. The Morgan fingerprint density at radius 3 is 2.41 bits per heavy atom. The molecule has 212 valence electrons. The molecule has 0 bridgehead atoms. The van der Waals surface area contributed by atoms with Gasteiger partial charge in [0.25, 0.3) is 0 Å². The zero-order valence-corrected chi connectivity index (χ0v) is 27.2. The Bertz CT molecular complexity index is 1550.